The molecule has 1 aliphatic heterocycles. The zero-order chi connectivity index (χ0) is 12.8. The molecular formula is C13H24N4S. The average Bonchev–Trinajstić information content (AvgIpc) is 2.80. The van der Waals surface area contributed by atoms with Crippen LogP contribution in [-0.2, 0) is 6.54 Å². The van der Waals surface area contributed by atoms with Crippen molar-refractivity contribution in [3.05, 3.63) is 5.01 Å². The predicted molar refractivity (Wildman–Crippen MR) is 77.0 cm³/mol. The Morgan fingerprint density at radius 1 is 1.28 bits per heavy atom. The molecule has 0 bridgehead atoms. The molecule has 5 heteroatoms. The van der Waals surface area contributed by atoms with Crippen LogP contribution >= 0.6 is 11.3 Å². The van der Waals surface area contributed by atoms with Gasteiger partial charge in [0.1, 0.15) is 5.01 Å². The molecule has 0 unspecified atom stereocenters. The summed E-state index contributed by atoms with van der Waals surface area (Å²) in [4.78, 5) is 2.52. The van der Waals surface area contributed by atoms with E-state index in [2.05, 4.69) is 34.3 Å². The van der Waals surface area contributed by atoms with Crippen LogP contribution < -0.4 is 5.32 Å². The molecule has 2 rings (SSSR count). The molecule has 1 fully saturated rings. The summed E-state index contributed by atoms with van der Waals surface area (Å²) in [5, 5.41) is 13.7. The fourth-order valence-electron chi connectivity index (χ4n) is 2.57. The molecular weight excluding hydrogens is 244 g/mol. The molecule has 0 spiro atoms. The average molecular weight is 268 g/mol. The molecule has 0 saturated carbocycles. The molecule has 102 valence electrons. The maximum Gasteiger partial charge on any atom is 0.205 e. The van der Waals surface area contributed by atoms with Crippen molar-refractivity contribution in [2.24, 2.45) is 5.92 Å². The van der Waals surface area contributed by atoms with E-state index in [1.165, 1.54) is 38.8 Å². The first-order valence-corrected chi connectivity index (χ1v) is 7.92. The molecule has 0 radical (unpaired) electrons. The monoisotopic (exact) mass is 268 g/mol. The molecule has 1 aromatic rings. The van der Waals surface area contributed by atoms with Crippen molar-refractivity contribution in [2.45, 2.75) is 46.1 Å². The zero-order valence-electron chi connectivity index (χ0n) is 11.5. The predicted octanol–water partition coefficient (Wildman–Crippen LogP) is 2.98. The van der Waals surface area contributed by atoms with Gasteiger partial charge in [0.05, 0.1) is 6.54 Å². The second-order valence-electron chi connectivity index (χ2n) is 5.04. The fraction of sp³-hybridized carbons (Fsp3) is 0.846. The van der Waals surface area contributed by atoms with Gasteiger partial charge in [0.15, 0.2) is 0 Å². The van der Waals surface area contributed by atoms with Crippen LogP contribution in [0.3, 0.4) is 0 Å². The molecule has 1 N–H and O–H groups in total. The Labute approximate surface area is 114 Å². The van der Waals surface area contributed by atoms with Crippen molar-refractivity contribution in [1.82, 2.24) is 15.1 Å². The molecule has 2 heterocycles. The van der Waals surface area contributed by atoms with Gasteiger partial charge in [-0.2, -0.15) is 0 Å². The van der Waals surface area contributed by atoms with Gasteiger partial charge >= 0.3 is 0 Å². The number of likely N-dealkylation sites (tertiary alicyclic amines) is 1. The number of hydrogen-bond donors (Lipinski definition) is 1. The molecule has 0 aliphatic carbocycles. The van der Waals surface area contributed by atoms with Crippen LogP contribution in [0.1, 0.15) is 44.5 Å². The number of hydrogen-bond acceptors (Lipinski definition) is 5. The topological polar surface area (TPSA) is 41.1 Å². The van der Waals surface area contributed by atoms with Crippen LogP contribution in [0.4, 0.5) is 5.13 Å². The summed E-state index contributed by atoms with van der Waals surface area (Å²) in [5.74, 6) is 0.956. The van der Waals surface area contributed by atoms with Gasteiger partial charge in [0.2, 0.25) is 5.13 Å². The summed E-state index contributed by atoms with van der Waals surface area (Å²) in [6.07, 6.45) is 5.43. The highest BCUT2D eigenvalue weighted by atomic mass is 32.1. The maximum absolute atomic E-state index is 4.25. The maximum atomic E-state index is 4.25. The van der Waals surface area contributed by atoms with Gasteiger partial charge in [-0.25, -0.2) is 0 Å². The first-order chi connectivity index (χ1) is 8.81. The van der Waals surface area contributed by atoms with E-state index in [4.69, 9.17) is 0 Å². The number of rotatable bonds is 6. The first-order valence-electron chi connectivity index (χ1n) is 7.10. The molecule has 1 aromatic heterocycles. The van der Waals surface area contributed by atoms with Crippen LogP contribution in [0, 0.1) is 5.92 Å². The summed E-state index contributed by atoms with van der Waals surface area (Å²) in [6.45, 7) is 8.70. The molecule has 1 aliphatic rings. The number of nitrogens with zero attached hydrogens (tertiary/aromatic N) is 3. The van der Waals surface area contributed by atoms with Gasteiger partial charge in [-0.05, 0) is 38.8 Å². The van der Waals surface area contributed by atoms with E-state index in [-0.39, 0.29) is 0 Å². The lowest BCUT2D eigenvalue weighted by Gasteiger charge is -2.31. The third-order valence-electron chi connectivity index (χ3n) is 3.56. The van der Waals surface area contributed by atoms with E-state index in [1.807, 2.05) is 0 Å². The van der Waals surface area contributed by atoms with Crippen molar-refractivity contribution >= 4 is 16.5 Å². The number of nitrogens with one attached hydrogen (secondary N) is 1. The first kappa shape index (κ1) is 13.7. The normalized spacial score (nSPS) is 18.1. The standard InChI is InChI=1S/C13H24N4S/c1-3-5-11-6-8-17(9-7-11)10-12-15-16-13(18-12)14-4-2/h11H,3-10H2,1-2H3,(H,14,16). The minimum absolute atomic E-state index is 0.914. The molecule has 0 aromatic carbocycles. The smallest absolute Gasteiger partial charge is 0.205 e. The van der Waals surface area contributed by atoms with E-state index in [1.54, 1.807) is 11.3 Å². The highest BCUT2D eigenvalue weighted by Crippen LogP contribution is 2.24. The van der Waals surface area contributed by atoms with Gasteiger partial charge in [0, 0.05) is 6.54 Å². The number of aromatic nitrogens is 2. The summed E-state index contributed by atoms with van der Waals surface area (Å²) in [5.41, 5.74) is 0. The summed E-state index contributed by atoms with van der Waals surface area (Å²) >= 11 is 1.69. The fourth-order valence-corrected chi connectivity index (χ4v) is 3.42. The molecule has 4 nitrogen and oxygen atoms in total. The number of piperidine rings is 1. The molecule has 0 atom stereocenters. The van der Waals surface area contributed by atoms with Gasteiger partial charge in [-0.1, -0.05) is 31.1 Å². The summed E-state index contributed by atoms with van der Waals surface area (Å²) < 4.78 is 0. The van der Waals surface area contributed by atoms with Crippen molar-refractivity contribution in [2.75, 3.05) is 25.0 Å². The van der Waals surface area contributed by atoms with Crippen LogP contribution in [0.25, 0.3) is 0 Å². The minimum atomic E-state index is 0.914. The lowest BCUT2D eigenvalue weighted by Crippen LogP contribution is -2.33. The van der Waals surface area contributed by atoms with E-state index < -0.39 is 0 Å². The third-order valence-corrected chi connectivity index (χ3v) is 4.42. The summed E-state index contributed by atoms with van der Waals surface area (Å²) in [7, 11) is 0. The van der Waals surface area contributed by atoms with Gasteiger partial charge in [-0.3, -0.25) is 4.90 Å². The van der Waals surface area contributed by atoms with Gasteiger partial charge < -0.3 is 5.32 Å². The van der Waals surface area contributed by atoms with E-state index in [0.717, 1.165) is 29.1 Å². The lowest BCUT2D eigenvalue weighted by molar-refractivity contribution is 0.171. The Balaban J connectivity index is 1.76. The molecule has 0 amide bonds. The Bertz CT molecular complexity index is 345. The van der Waals surface area contributed by atoms with Gasteiger partial charge in [-0.15, -0.1) is 10.2 Å². The van der Waals surface area contributed by atoms with E-state index in [0.29, 0.717) is 0 Å². The Morgan fingerprint density at radius 3 is 2.72 bits per heavy atom. The van der Waals surface area contributed by atoms with E-state index in [9.17, 15) is 0 Å². The Kier molecular flexibility index (Phi) is 5.38. The third kappa shape index (κ3) is 3.92. The largest absolute Gasteiger partial charge is 0.360 e. The molecule has 1 saturated heterocycles. The van der Waals surface area contributed by atoms with Crippen LogP contribution in [0.2, 0.25) is 0 Å². The van der Waals surface area contributed by atoms with Crippen molar-refractivity contribution in [3.63, 3.8) is 0 Å². The summed E-state index contributed by atoms with van der Waals surface area (Å²) in [6, 6.07) is 0. The highest BCUT2D eigenvalue weighted by molar-refractivity contribution is 7.15. The van der Waals surface area contributed by atoms with Crippen LogP contribution in [0.15, 0.2) is 0 Å². The van der Waals surface area contributed by atoms with Crippen molar-refractivity contribution in [1.29, 1.82) is 0 Å². The minimum Gasteiger partial charge on any atom is -0.360 e. The Morgan fingerprint density at radius 2 is 2.06 bits per heavy atom. The van der Waals surface area contributed by atoms with Crippen LogP contribution in [-0.4, -0.2) is 34.7 Å². The second-order valence-corrected chi connectivity index (χ2v) is 6.10. The highest BCUT2D eigenvalue weighted by Gasteiger charge is 2.19. The second kappa shape index (κ2) is 7.04. The zero-order valence-corrected chi connectivity index (χ0v) is 12.3. The SMILES string of the molecule is CCCC1CCN(Cc2nnc(NCC)s2)CC1. The quantitative estimate of drug-likeness (QED) is 0.861. The lowest BCUT2D eigenvalue weighted by atomic mass is 9.92. The Hall–Kier alpha value is -0.680. The van der Waals surface area contributed by atoms with Crippen LogP contribution in [0.5, 0.6) is 0 Å². The molecule has 18 heavy (non-hydrogen) atoms. The van der Waals surface area contributed by atoms with Crippen molar-refractivity contribution < 1.29 is 0 Å². The van der Waals surface area contributed by atoms with E-state index >= 15 is 0 Å². The van der Waals surface area contributed by atoms with Gasteiger partial charge in [0.25, 0.3) is 0 Å². The van der Waals surface area contributed by atoms with Crippen molar-refractivity contribution in [3.8, 4) is 0 Å². The number of anilines is 1.